The second-order valence-corrected chi connectivity index (χ2v) is 8.81. The van der Waals surface area contributed by atoms with Gasteiger partial charge in [-0.25, -0.2) is 4.39 Å². The van der Waals surface area contributed by atoms with E-state index in [1.165, 1.54) is 12.1 Å². The summed E-state index contributed by atoms with van der Waals surface area (Å²) in [4.78, 5) is 25.6. The number of carbonyl (C=O) groups excluding carboxylic acids is 2. The van der Waals surface area contributed by atoms with Crippen LogP contribution in [0.5, 0.6) is 0 Å². The quantitative estimate of drug-likeness (QED) is 0.328. The Balaban J connectivity index is 1.58. The van der Waals surface area contributed by atoms with E-state index < -0.39 is 0 Å². The van der Waals surface area contributed by atoms with Crippen LogP contribution in [-0.4, -0.2) is 16.4 Å². The number of amides is 2. The molecule has 0 saturated heterocycles. The number of rotatable bonds is 8. The fraction of sp³-hybridized carbons (Fsp3) is 0.214. The van der Waals surface area contributed by atoms with Crippen LogP contribution in [0.4, 0.5) is 15.8 Å². The van der Waals surface area contributed by atoms with Crippen molar-refractivity contribution < 1.29 is 14.0 Å². The third-order valence-corrected chi connectivity index (χ3v) is 5.66. The standard InChI is InChI=1S/C28H28FN3O2/c1-19(2)14-15-32-25-13-12-24(30-27(33)16-20-8-10-22(29)11-9-20)17-21(25)18-26(32)28(34)31-23-6-4-3-5-7-23/h3-13,17-19H,14-16H2,1-2H3,(H,30,33)(H,31,34). The molecular formula is C28H28FN3O2. The van der Waals surface area contributed by atoms with Gasteiger partial charge >= 0.3 is 0 Å². The van der Waals surface area contributed by atoms with E-state index in [4.69, 9.17) is 0 Å². The second-order valence-electron chi connectivity index (χ2n) is 8.81. The van der Waals surface area contributed by atoms with Crippen LogP contribution in [0.2, 0.25) is 0 Å². The molecule has 4 aromatic rings. The lowest BCUT2D eigenvalue weighted by Gasteiger charge is -2.13. The molecule has 1 aromatic heterocycles. The first-order valence-electron chi connectivity index (χ1n) is 11.4. The Labute approximate surface area is 198 Å². The molecule has 174 valence electrons. The number of fused-ring (bicyclic) bond motifs is 1. The highest BCUT2D eigenvalue weighted by Gasteiger charge is 2.17. The molecule has 0 saturated carbocycles. The number of hydrogen-bond acceptors (Lipinski definition) is 2. The van der Waals surface area contributed by atoms with Crippen LogP contribution in [0.25, 0.3) is 10.9 Å². The summed E-state index contributed by atoms with van der Waals surface area (Å²) in [5.74, 6) is -0.198. The van der Waals surface area contributed by atoms with E-state index in [0.29, 0.717) is 17.3 Å². The lowest BCUT2D eigenvalue weighted by molar-refractivity contribution is -0.115. The molecule has 0 radical (unpaired) electrons. The van der Waals surface area contributed by atoms with Gasteiger partial charge in [0.25, 0.3) is 5.91 Å². The maximum Gasteiger partial charge on any atom is 0.272 e. The monoisotopic (exact) mass is 457 g/mol. The maximum absolute atomic E-state index is 13.1. The van der Waals surface area contributed by atoms with Crippen molar-refractivity contribution in [2.75, 3.05) is 10.6 Å². The van der Waals surface area contributed by atoms with Crippen molar-refractivity contribution in [1.82, 2.24) is 4.57 Å². The molecule has 2 amide bonds. The van der Waals surface area contributed by atoms with E-state index in [1.54, 1.807) is 12.1 Å². The van der Waals surface area contributed by atoms with Gasteiger partial charge in [0.2, 0.25) is 5.91 Å². The topological polar surface area (TPSA) is 63.1 Å². The van der Waals surface area contributed by atoms with Crippen LogP contribution in [0.15, 0.2) is 78.9 Å². The summed E-state index contributed by atoms with van der Waals surface area (Å²) >= 11 is 0. The number of carbonyl (C=O) groups is 2. The zero-order chi connectivity index (χ0) is 24.1. The fourth-order valence-electron chi connectivity index (χ4n) is 3.87. The van der Waals surface area contributed by atoms with Gasteiger partial charge in [0.1, 0.15) is 11.5 Å². The average molecular weight is 458 g/mol. The minimum Gasteiger partial charge on any atom is -0.336 e. The van der Waals surface area contributed by atoms with Gasteiger partial charge in [0, 0.05) is 28.8 Å². The van der Waals surface area contributed by atoms with Crippen LogP contribution in [0, 0.1) is 11.7 Å². The number of anilines is 2. The summed E-state index contributed by atoms with van der Waals surface area (Å²) in [6.07, 6.45) is 1.09. The van der Waals surface area contributed by atoms with Crippen LogP contribution < -0.4 is 10.6 Å². The van der Waals surface area contributed by atoms with Gasteiger partial charge in [-0.15, -0.1) is 0 Å². The molecular weight excluding hydrogens is 429 g/mol. The van der Waals surface area contributed by atoms with E-state index in [9.17, 15) is 14.0 Å². The Morgan fingerprint density at radius 3 is 2.32 bits per heavy atom. The first kappa shape index (κ1) is 23.2. The van der Waals surface area contributed by atoms with Crippen LogP contribution >= 0.6 is 0 Å². The minimum atomic E-state index is -0.330. The predicted molar refractivity (Wildman–Crippen MR) is 135 cm³/mol. The summed E-state index contributed by atoms with van der Waals surface area (Å²) in [7, 11) is 0. The van der Waals surface area contributed by atoms with Gasteiger partial charge in [-0.05, 0) is 66.4 Å². The normalized spacial score (nSPS) is 11.1. The molecule has 0 aliphatic carbocycles. The third kappa shape index (κ3) is 5.70. The highest BCUT2D eigenvalue weighted by molar-refractivity contribution is 6.07. The van der Waals surface area contributed by atoms with Gasteiger partial charge in [0.15, 0.2) is 0 Å². The number of hydrogen-bond donors (Lipinski definition) is 2. The van der Waals surface area contributed by atoms with Gasteiger partial charge in [0.05, 0.1) is 6.42 Å². The molecule has 4 rings (SSSR count). The number of nitrogens with one attached hydrogen (secondary N) is 2. The summed E-state index contributed by atoms with van der Waals surface area (Å²) < 4.78 is 15.1. The fourth-order valence-corrected chi connectivity index (χ4v) is 3.87. The number of benzene rings is 3. The average Bonchev–Trinajstić information content (AvgIpc) is 3.17. The molecule has 3 aromatic carbocycles. The van der Waals surface area contributed by atoms with Crippen LogP contribution in [-0.2, 0) is 17.8 Å². The highest BCUT2D eigenvalue weighted by atomic mass is 19.1. The van der Waals surface area contributed by atoms with Crippen molar-refractivity contribution in [3.63, 3.8) is 0 Å². The van der Waals surface area contributed by atoms with Gasteiger partial charge < -0.3 is 15.2 Å². The minimum absolute atomic E-state index is 0.151. The predicted octanol–water partition coefficient (Wildman–Crippen LogP) is 6.26. The zero-order valence-corrected chi connectivity index (χ0v) is 19.3. The second kappa shape index (κ2) is 10.3. The lowest BCUT2D eigenvalue weighted by atomic mass is 10.1. The summed E-state index contributed by atoms with van der Waals surface area (Å²) in [5, 5.41) is 6.75. The van der Waals surface area contributed by atoms with Gasteiger partial charge in [-0.3, -0.25) is 9.59 Å². The molecule has 6 heteroatoms. The molecule has 0 spiro atoms. The number of aryl methyl sites for hydroxylation is 1. The first-order valence-corrected chi connectivity index (χ1v) is 11.4. The van der Waals surface area contributed by atoms with Crippen molar-refractivity contribution in [3.8, 4) is 0 Å². The lowest BCUT2D eigenvalue weighted by Crippen LogP contribution is -2.17. The van der Waals surface area contributed by atoms with Crippen LogP contribution in [0.1, 0.15) is 36.3 Å². The SMILES string of the molecule is CC(C)CCn1c(C(=O)Nc2ccccc2)cc2cc(NC(=O)Cc3ccc(F)cc3)ccc21. The van der Waals surface area contributed by atoms with Crippen LogP contribution in [0.3, 0.4) is 0 Å². The first-order chi connectivity index (χ1) is 16.4. The molecule has 2 N–H and O–H groups in total. The Kier molecular flexibility index (Phi) is 7.07. The Morgan fingerprint density at radius 2 is 1.62 bits per heavy atom. The molecule has 1 heterocycles. The van der Waals surface area contributed by atoms with E-state index in [2.05, 4.69) is 24.5 Å². The van der Waals surface area contributed by atoms with Gasteiger partial charge in [-0.1, -0.05) is 44.2 Å². The van der Waals surface area contributed by atoms with Crippen molar-refractivity contribution in [1.29, 1.82) is 0 Å². The van der Waals surface area contributed by atoms with Crippen molar-refractivity contribution >= 4 is 34.1 Å². The van der Waals surface area contributed by atoms with E-state index in [-0.39, 0.29) is 24.1 Å². The molecule has 0 bridgehead atoms. The zero-order valence-electron chi connectivity index (χ0n) is 19.3. The Hall–Kier alpha value is -3.93. The molecule has 34 heavy (non-hydrogen) atoms. The molecule has 0 unspecified atom stereocenters. The van der Waals surface area contributed by atoms with E-state index in [0.717, 1.165) is 35.1 Å². The summed E-state index contributed by atoms with van der Waals surface area (Å²) in [6.45, 7) is 5.03. The van der Waals surface area contributed by atoms with Crippen molar-refractivity contribution in [2.45, 2.75) is 33.2 Å². The highest BCUT2D eigenvalue weighted by Crippen LogP contribution is 2.26. The maximum atomic E-state index is 13.1. The van der Waals surface area contributed by atoms with Crippen molar-refractivity contribution in [2.24, 2.45) is 5.92 Å². The van der Waals surface area contributed by atoms with E-state index >= 15 is 0 Å². The number of para-hydroxylation sites is 1. The largest absolute Gasteiger partial charge is 0.336 e. The van der Waals surface area contributed by atoms with E-state index in [1.807, 2.05) is 59.2 Å². The smallest absolute Gasteiger partial charge is 0.272 e. The molecule has 0 fully saturated rings. The summed E-state index contributed by atoms with van der Waals surface area (Å²) in [5.41, 5.74) is 3.64. The van der Waals surface area contributed by atoms with Gasteiger partial charge in [-0.2, -0.15) is 0 Å². The third-order valence-electron chi connectivity index (χ3n) is 5.66. The Bertz CT molecular complexity index is 1290. The molecule has 0 aliphatic rings. The number of aromatic nitrogens is 1. The van der Waals surface area contributed by atoms with Crippen molar-refractivity contribution in [3.05, 3.63) is 95.9 Å². The molecule has 0 aliphatic heterocycles. The number of halogens is 1. The summed E-state index contributed by atoms with van der Waals surface area (Å²) in [6, 6.07) is 22.8. The molecule has 5 nitrogen and oxygen atoms in total. The Morgan fingerprint density at radius 1 is 0.882 bits per heavy atom. The molecule has 0 atom stereocenters. The number of nitrogens with zero attached hydrogens (tertiary/aromatic N) is 1.